The van der Waals surface area contributed by atoms with Gasteiger partial charge in [-0.3, -0.25) is 0 Å². The van der Waals surface area contributed by atoms with Crippen molar-refractivity contribution < 1.29 is 63.5 Å². The zero-order chi connectivity index (χ0) is 27.8. The standard InChI is InChI=1S/C25H28O13/c1-33-15-8-11(22(30)31)4-5-14(15)37-24-19(28)18(27)21(29)25(38-24)7-6-12-13(23(32)36-10-25)9-16(34-2)17(26)20(12)35-3/h4-5,8-9,18-19,21,24,26-29H,6-7,10H2,1-3H3,(H,30,31). The molecule has 1 saturated heterocycles. The molecule has 0 bridgehead atoms. The molecule has 206 valence electrons. The van der Waals surface area contributed by atoms with Gasteiger partial charge in [0.2, 0.25) is 12.0 Å². The molecule has 2 aromatic carbocycles. The molecule has 0 aromatic heterocycles. The van der Waals surface area contributed by atoms with Gasteiger partial charge in [0.25, 0.3) is 0 Å². The number of phenols is 1. The van der Waals surface area contributed by atoms with Crippen molar-refractivity contribution in [2.75, 3.05) is 27.9 Å². The smallest absolute Gasteiger partial charge is 0.338 e. The monoisotopic (exact) mass is 536 g/mol. The molecule has 38 heavy (non-hydrogen) atoms. The Morgan fingerprint density at radius 1 is 1.00 bits per heavy atom. The first-order valence-electron chi connectivity index (χ1n) is 11.5. The molecule has 2 aliphatic rings. The molecule has 0 aliphatic carbocycles. The molecule has 5 atom stereocenters. The fourth-order valence-corrected chi connectivity index (χ4v) is 4.62. The van der Waals surface area contributed by atoms with E-state index >= 15 is 0 Å². The number of benzene rings is 2. The van der Waals surface area contributed by atoms with E-state index < -0.39 is 48.7 Å². The van der Waals surface area contributed by atoms with Gasteiger partial charge in [0.15, 0.2) is 23.0 Å². The van der Waals surface area contributed by atoms with Crippen molar-refractivity contribution in [3.63, 3.8) is 0 Å². The van der Waals surface area contributed by atoms with Gasteiger partial charge in [-0.15, -0.1) is 0 Å². The fraction of sp³-hybridized carbons (Fsp3) is 0.440. The number of hydrogen-bond acceptors (Lipinski definition) is 12. The van der Waals surface area contributed by atoms with Gasteiger partial charge in [-0.05, 0) is 37.1 Å². The number of fused-ring (bicyclic) bond motifs is 1. The van der Waals surface area contributed by atoms with Crippen LogP contribution in [0.15, 0.2) is 24.3 Å². The van der Waals surface area contributed by atoms with Crippen molar-refractivity contribution in [1.29, 1.82) is 0 Å². The van der Waals surface area contributed by atoms with Crippen molar-refractivity contribution in [3.8, 4) is 28.7 Å². The first kappa shape index (κ1) is 27.3. The van der Waals surface area contributed by atoms with Gasteiger partial charge >= 0.3 is 11.9 Å². The summed E-state index contributed by atoms with van der Waals surface area (Å²) in [6.07, 6.45) is -6.84. The van der Waals surface area contributed by atoms with E-state index in [1.807, 2.05) is 0 Å². The molecular formula is C25H28O13. The predicted molar refractivity (Wildman–Crippen MR) is 126 cm³/mol. The highest BCUT2D eigenvalue weighted by Gasteiger charge is 2.56. The summed E-state index contributed by atoms with van der Waals surface area (Å²) in [6, 6.07) is 5.05. The van der Waals surface area contributed by atoms with Crippen molar-refractivity contribution in [3.05, 3.63) is 41.0 Å². The number of carbonyl (C=O) groups excluding carboxylic acids is 1. The van der Waals surface area contributed by atoms with Crippen molar-refractivity contribution in [2.24, 2.45) is 0 Å². The number of carboxylic acids is 1. The molecule has 2 aromatic rings. The third-order valence-corrected chi connectivity index (χ3v) is 6.71. The zero-order valence-corrected chi connectivity index (χ0v) is 20.7. The third-order valence-electron chi connectivity index (χ3n) is 6.71. The van der Waals surface area contributed by atoms with Gasteiger partial charge in [-0.2, -0.15) is 0 Å². The maximum absolute atomic E-state index is 13.0. The number of hydrogen-bond donors (Lipinski definition) is 5. The van der Waals surface area contributed by atoms with E-state index in [1.54, 1.807) is 0 Å². The second-order valence-corrected chi connectivity index (χ2v) is 8.83. The maximum atomic E-state index is 13.0. The Morgan fingerprint density at radius 3 is 2.34 bits per heavy atom. The number of aromatic carboxylic acids is 1. The van der Waals surface area contributed by atoms with Crippen LogP contribution in [0.2, 0.25) is 0 Å². The van der Waals surface area contributed by atoms with E-state index in [0.717, 1.165) is 0 Å². The van der Waals surface area contributed by atoms with Crippen LogP contribution in [0.4, 0.5) is 0 Å². The molecule has 5 N–H and O–H groups in total. The van der Waals surface area contributed by atoms with E-state index in [4.69, 9.17) is 28.4 Å². The van der Waals surface area contributed by atoms with E-state index in [0.29, 0.717) is 0 Å². The first-order chi connectivity index (χ1) is 18.1. The third kappa shape index (κ3) is 4.65. The Kier molecular flexibility index (Phi) is 7.56. The van der Waals surface area contributed by atoms with Gasteiger partial charge in [0.05, 0.1) is 32.5 Å². The van der Waals surface area contributed by atoms with Crippen LogP contribution in [0.3, 0.4) is 0 Å². The minimum Gasteiger partial charge on any atom is -0.502 e. The lowest BCUT2D eigenvalue weighted by atomic mass is 9.81. The van der Waals surface area contributed by atoms with E-state index in [9.17, 15) is 35.1 Å². The Labute approximate surface area is 216 Å². The Balaban J connectivity index is 1.68. The molecule has 0 saturated carbocycles. The Morgan fingerprint density at radius 2 is 1.71 bits per heavy atom. The number of rotatable bonds is 6. The summed E-state index contributed by atoms with van der Waals surface area (Å²) in [7, 11) is 3.90. The lowest BCUT2D eigenvalue weighted by Gasteiger charge is -2.48. The van der Waals surface area contributed by atoms with Crippen molar-refractivity contribution in [1.82, 2.24) is 0 Å². The van der Waals surface area contributed by atoms with E-state index in [-0.39, 0.29) is 58.3 Å². The highest BCUT2D eigenvalue weighted by atomic mass is 16.7. The number of methoxy groups -OCH3 is 3. The summed E-state index contributed by atoms with van der Waals surface area (Å²) in [5.74, 6) is -2.39. The summed E-state index contributed by atoms with van der Waals surface area (Å²) in [6.45, 7) is -0.517. The average molecular weight is 536 g/mol. The van der Waals surface area contributed by atoms with E-state index in [1.165, 1.54) is 45.6 Å². The molecular weight excluding hydrogens is 508 g/mol. The summed E-state index contributed by atoms with van der Waals surface area (Å²) >= 11 is 0. The SMILES string of the molecule is COc1cc(C(=O)O)ccc1OC1OC2(CCc3c(cc(OC)c(O)c3OC)C(=O)OC2)C(O)C(O)C1O. The molecule has 4 rings (SSSR count). The van der Waals surface area contributed by atoms with Crippen LogP contribution < -0.4 is 18.9 Å². The van der Waals surface area contributed by atoms with Crippen LogP contribution in [0.5, 0.6) is 28.7 Å². The molecule has 1 spiro atoms. The predicted octanol–water partition coefficient (Wildman–Crippen LogP) is 0.476. The molecule has 1 fully saturated rings. The maximum Gasteiger partial charge on any atom is 0.338 e. The van der Waals surface area contributed by atoms with Crippen LogP contribution >= 0.6 is 0 Å². The largest absolute Gasteiger partial charge is 0.502 e. The molecule has 5 unspecified atom stereocenters. The number of phenolic OH excluding ortho intramolecular Hbond substituents is 1. The van der Waals surface area contributed by atoms with Gasteiger partial charge in [0.1, 0.15) is 30.5 Å². The topological polar surface area (TPSA) is 191 Å². The first-order valence-corrected chi connectivity index (χ1v) is 11.5. The molecule has 2 aliphatic heterocycles. The number of esters is 1. The second-order valence-electron chi connectivity index (χ2n) is 8.83. The molecule has 13 heteroatoms. The summed E-state index contributed by atoms with van der Waals surface area (Å²) in [4.78, 5) is 24.3. The normalized spacial score (nSPS) is 26.9. The molecule has 13 nitrogen and oxygen atoms in total. The molecule has 2 heterocycles. The quantitative estimate of drug-likeness (QED) is 0.321. The number of carboxylic acid groups (broad SMARTS) is 1. The fourth-order valence-electron chi connectivity index (χ4n) is 4.62. The highest BCUT2D eigenvalue weighted by Crippen LogP contribution is 2.45. The van der Waals surface area contributed by atoms with Crippen LogP contribution in [0.1, 0.15) is 32.7 Å². The van der Waals surface area contributed by atoms with Crippen molar-refractivity contribution >= 4 is 11.9 Å². The lowest BCUT2D eigenvalue weighted by molar-refractivity contribution is -0.320. The number of aliphatic hydroxyl groups excluding tert-OH is 3. The van der Waals surface area contributed by atoms with Gasteiger partial charge < -0.3 is 54.0 Å². The van der Waals surface area contributed by atoms with E-state index in [2.05, 4.69) is 0 Å². The minimum absolute atomic E-state index is 0.00309. The summed E-state index contributed by atoms with van der Waals surface area (Å²) < 4.78 is 32.8. The summed E-state index contributed by atoms with van der Waals surface area (Å²) in [5, 5.41) is 52.0. The average Bonchev–Trinajstić information content (AvgIpc) is 2.91. The number of aromatic hydroxyl groups is 1. The van der Waals surface area contributed by atoms with Gasteiger partial charge in [-0.1, -0.05) is 0 Å². The zero-order valence-electron chi connectivity index (χ0n) is 20.7. The Hall–Kier alpha value is -3.78. The van der Waals surface area contributed by atoms with Crippen LogP contribution in [0, 0.1) is 0 Å². The second kappa shape index (κ2) is 10.5. The van der Waals surface area contributed by atoms with Gasteiger partial charge in [-0.25, -0.2) is 9.59 Å². The lowest BCUT2D eigenvalue weighted by Crippen LogP contribution is -2.67. The number of aliphatic hydroxyl groups is 3. The number of ether oxygens (including phenoxy) is 6. The molecule has 0 amide bonds. The minimum atomic E-state index is -1.78. The van der Waals surface area contributed by atoms with Gasteiger partial charge in [0, 0.05) is 5.56 Å². The number of carbonyl (C=O) groups is 2. The Bertz CT molecular complexity index is 1230. The van der Waals surface area contributed by atoms with Crippen molar-refractivity contribution in [2.45, 2.75) is 43.0 Å². The number of cyclic esters (lactones) is 1. The van der Waals surface area contributed by atoms with Crippen LogP contribution in [-0.4, -0.2) is 95.6 Å². The van der Waals surface area contributed by atoms with Crippen LogP contribution in [0.25, 0.3) is 0 Å². The van der Waals surface area contributed by atoms with Crippen LogP contribution in [-0.2, 0) is 15.9 Å². The summed E-state index contributed by atoms with van der Waals surface area (Å²) in [5.41, 5.74) is -1.49. The molecule has 0 radical (unpaired) electrons. The highest BCUT2D eigenvalue weighted by molar-refractivity contribution is 5.93.